The molecular formula is C26H36N6. The fourth-order valence-corrected chi connectivity index (χ4v) is 4.00. The Labute approximate surface area is 192 Å². The van der Waals surface area contributed by atoms with Gasteiger partial charge in [-0.05, 0) is 24.2 Å². The molecule has 0 fully saturated rings. The monoisotopic (exact) mass is 432 g/mol. The van der Waals surface area contributed by atoms with E-state index < -0.39 is 0 Å². The third-order valence-electron chi connectivity index (χ3n) is 5.76. The Hall–Kier alpha value is -3.12. The van der Waals surface area contributed by atoms with Gasteiger partial charge in [0.05, 0.1) is 6.04 Å². The molecule has 2 aromatic carbocycles. The second kappa shape index (κ2) is 12.7. The van der Waals surface area contributed by atoms with Crippen LogP contribution in [0.5, 0.6) is 0 Å². The number of hydrogen-bond acceptors (Lipinski definition) is 3. The van der Waals surface area contributed by atoms with Gasteiger partial charge in [-0.2, -0.15) is 0 Å². The van der Waals surface area contributed by atoms with E-state index in [1.54, 1.807) is 0 Å². The van der Waals surface area contributed by atoms with E-state index >= 15 is 0 Å². The number of guanidine groups is 1. The van der Waals surface area contributed by atoms with Gasteiger partial charge in [0.1, 0.15) is 5.82 Å². The van der Waals surface area contributed by atoms with E-state index in [4.69, 9.17) is 0 Å². The molecule has 32 heavy (non-hydrogen) atoms. The number of nitrogens with zero attached hydrogens (tertiary/aromatic N) is 4. The minimum Gasteiger partial charge on any atom is -0.356 e. The SMILES string of the molecule is CCN(CC)C(CNC(=NC)NCCc1nccn1Cc1ccccc1)c1ccccc1. The lowest BCUT2D eigenvalue weighted by molar-refractivity contribution is 0.219. The van der Waals surface area contributed by atoms with Gasteiger partial charge >= 0.3 is 0 Å². The molecule has 3 aromatic rings. The van der Waals surface area contributed by atoms with Crippen LogP contribution in [0.25, 0.3) is 0 Å². The average molecular weight is 433 g/mol. The van der Waals surface area contributed by atoms with Gasteiger partial charge in [0, 0.05) is 45.5 Å². The minimum absolute atomic E-state index is 0.300. The number of rotatable bonds is 11. The first-order chi connectivity index (χ1) is 15.7. The third kappa shape index (κ3) is 6.69. The van der Waals surface area contributed by atoms with Crippen molar-refractivity contribution in [3.05, 3.63) is 90.0 Å². The smallest absolute Gasteiger partial charge is 0.191 e. The molecule has 0 bridgehead atoms. The number of imidazole rings is 1. The predicted octanol–water partition coefficient (Wildman–Crippen LogP) is 3.72. The molecule has 0 radical (unpaired) electrons. The van der Waals surface area contributed by atoms with Crippen molar-refractivity contribution in [2.45, 2.75) is 32.9 Å². The molecule has 1 aromatic heterocycles. The molecule has 3 rings (SSSR count). The van der Waals surface area contributed by atoms with Crippen LogP contribution in [0.2, 0.25) is 0 Å². The highest BCUT2D eigenvalue weighted by Crippen LogP contribution is 2.19. The lowest BCUT2D eigenvalue weighted by Gasteiger charge is -2.30. The number of likely N-dealkylation sites (N-methyl/N-ethyl adjacent to an activating group) is 1. The number of benzene rings is 2. The van der Waals surface area contributed by atoms with Crippen molar-refractivity contribution in [1.82, 2.24) is 25.1 Å². The first kappa shape index (κ1) is 23.5. The van der Waals surface area contributed by atoms with Crippen LogP contribution < -0.4 is 10.6 Å². The van der Waals surface area contributed by atoms with E-state index in [0.717, 1.165) is 50.9 Å². The lowest BCUT2D eigenvalue weighted by atomic mass is 10.1. The normalized spacial score (nSPS) is 12.7. The largest absolute Gasteiger partial charge is 0.356 e. The summed E-state index contributed by atoms with van der Waals surface area (Å²) in [4.78, 5) is 11.4. The van der Waals surface area contributed by atoms with Crippen molar-refractivity contribution < 1.29 is 0 Å². The zero-order valence-corrected chi connectivity index (χ0v) is 19.5. The van der Waals surface area contributed by atoms with Gasteiger partial charge in [-0.3, -0.25) is 9.89 Å². The quantitative estimate of drug-likeness (QED) is 0.358. The Bertz CT molecular complexity index is 931. The zero-order valence-electron chi connectivity index (χ0n) is 19.5. The maximum absolute atomic E-state index is 4.55. The van der Waals surface area contributed by atoms with E-state index in [1.807, 2.05) is 25.5 Å². The second-order valence-electron chi connectivity index (χ2n) is 7.73. The van der Waals surface area contributed by atoms with E-state index in [9.17, 15) is 0 Å². The summed E-state index contributed by atoms with van der Waals surface area (Å²) in [5.74, 6) is 1.89. The molecule has 1 atom stereocenters. The fraction of sp³-hybridized carbons (Fsp3) is 0.385. The van der Waals surface area contributed by atoms with E-state index in [1.165, 1.54) is 11.1 Å². The molecule has 0 saturated heterocycles. The highest BCUT2D eigenvalue weighted by atomic mass is 15.2. The molecule has 0 amide bonds. The van der Waals surface area contributed by atoms with Gasteiger partial charge < -0.3 is 15.2 Å². The summed E-state index contributed by atoms with van der Waals surface area (Å²) in [6.07, 6.45) is 4.75. The van der Waals surface area contributed by atoms with Crippen molar-refractivity contribution in [3.8, 4) is 0 Å². The molecule has 6 heteroatoms. The van der Waals surface area contributed by atoms with Crippen LogP contribution in [0, 0.1) is 0 Å². The highest BCUT2D eigenvalue weighted by molar-refractivity contribution is 5.79. The zero-order chi connectivity index (χ0) is 22.6. The summed E-state index contributed by atoms with van der Waals surface area (Å²) in [6, 6.07) is 21.5. The van der Waals surface area contributed by atoms with Gasteiger partial charge in [0.15, 0.2) is 5.96 Å². The van der Waals surface area contributed by atoms with Crippen LogP contribution in [-0.4, -0.2) is 53.6 Å². The second-order valence-corrected chi connectivity index (χ2v) is 7.73. The summed E-state index contributed by atoms with van der Waals surface area (Å²) < 4.78 is 2.21. The predicted molar refractivity (Wildman–Crippen MR) is 133 cm³/mol. The Kier molecular flexibility index (Phi) is 9.32. The van der Waals surface area contributed by atoms with Gasteiger partial charge in [0.2, 0.25) is 0 Å². The number of aromatic nitrogens is 2. The average Bonchev–Trinajstić information content (AvgIpc) is 3.28. The van der Waals surface area contributed by atoms with Crippen LogP contribution in [0.15, 0.2) is 78.0 Å². The molecule has 6 nitrogen and oxygen atoms in total. The van der Waals surface area contributed by atoms with Crippen molar-refractivity contribution in [3.63, 3.8) is 0 Å². The first-order valence-electron chi connectivity index (χ1n) is 11.5. The number of nitrogens with one attached hydrogen (secondary N) is 2. The maximum atomic E-state index is 4.55. The van der Waals surface area contributed by atoms with Crippen LogP contribution in [0.3, 0.4) is 0 Å². The molecule has 0 saturated carbocycles. The Morgan fingerprint density at radius 1 is 1.00 bits per heavy atom. The fourth-order valence-electron chi connectivity index (χ4n) is 4.00. The van der Waals surface area contributed by atoms with Crippen molar-refractivity contribution in [2.24, 2.45) is 4.99 Å². The van der Waals surface area contributed by atoms with E-state index in [0.29, 0.717) is 6.04 Å². The topological polar surface area (TPSA) is 57.5 Å². The summed E-state index contributed by atoms with van der Waals surface area (Å²) in [5.41, 5.74) is 2.60. The van der Waals surface area contributed by atoms with Crippen molar-refractivity contribution >= 4 is 5.96 Å². The Morgan fingerprint density at radius 3 is 2.34 bits per heavy atom. The number of hydrogen-bond donors (Lipinski definition) is 2. The minimum atomic E-state index is 0.300. The highest BCUT2D eigenvalue weighted by Gasteiger charge is 2.18. The van der Waals surface area contributed by atoms with Crippen molar-refractivity contribution in [1.29, 1.82) is 0 Å². The summed E-state index contributed by atoms with van der Waals surface area (Å²) >= 11 is 0. The molecule has 170 valence electrons. The molecule has 1 heterocycles. The molecule has 0 spiro atoms. The first-order valence-corrected chi connectivity index (χ1v) is 11.5. The van der Waals surface area contributed by atoms with E-state index in [-0.39, 0.29) is 0 Å². The summed E-state index contributed by atoms with van der Waals surface area (Å²) in [5, 5.41) is 6.97. The standard InChI is InChI=1S/C26H36N6/c1-4-31(5-2)24(23-14-10-7-11-15-23)20-30-26(27-3)29-17-16-25-28-18-19-32(25)21-22-12-8-6-9-13-22/h6-15,18-19,24H,4-5,16-17,20-21H2,1-3H3,(H2,27,29,30). The van der Waals surface area contributed by atoms with E-state index in [2.05, 4.69) is 98.5 Å². The summed E-state index contributed by atoms with van der Waals surface area (Å²) in [7, 11) is 1.82. The summed E-state index contributed by atoms with van der Waals surface area (Å²) in [6.45, 7) is 8.85. The maximum Gasteiger partial charge on any atom is 0.191 e. The van der Waals surface area contributed by atoms with Gasteiger partial charge in [-0.1, -0.05) is 74.5 Å². The van der Waals surface area contributed by atoms with Crippen LogP contribution in [0.4, 0.5) is 0 Å². The molecule has 0 aliphatic carbocycles. The molecule has 1 unspecified atom stereocenters. The van der Waals surface area contributed by atoms with Crippen LogP contribution in [0.1, 0.15) is 36.8 Å². The van der Waals surface area contributed by atoms with Crippen LogP contribution >= 0.6 is 0 Å². The molecule has 0 aliphatic rings. The third-order valence-corrected chi connectivity index (χ3v) is 5.76. The molecule has 2 N–H and O–H groups in total. The van der Waals surface area contributed by atoms with Gasteiger partial charge in [0.25, 0.3) is 0 Å². The molecule has 0 aliphatic heterocycles. The molecular weight excluding hydrogens is 396 g/mol. The Morgan fingerprint density at radius 2 is 1.69 bits per heavy atom. The van der Waals surface area contributed by atoms with Gasteiger partial charge in [-0.25, -0.2) is 4.98 Å². The Balaban J connectivity index is 1.53. The van der Waals surface area contributed by atoms with Crippen molar-refractivity contribution in [2.75, 3.05) is 33.2 Å². The number of aliphatic imine (C=N–C) groups is 1. The lowest BCUT2D eigenvalue weighted by Crippen LogP contribution is -2.43. The van der Waals surface area contributed by atoms with Crippen LogP contribution in [-0.2, 0) is 13.0 Å². The van der Waals surface area contributed by atoms with Gasteiger partial charge in [-0.15, -0.1) is 0 Å².